The van der Waals surface area contributed by atoms with E-state index in [1.54, 1.807) is 6.92 Å². The van der Waals surface area contributed by atoms with E-state index in [4.69, 9.17) is 9.47 Å². The number of carbonyl (C=O) groups excluding carboxylic acids is 2. The quantitative estimate of drug-likeness (QED) is 0.328. The zero-order chi connectivity index (χ0) is 13.4. The van der Waals surface area contributed by atoms with E-state index in [9.17, 15) is 9.59 Å². The summed E-state index contributed by atoms with van der Waals surface area (Å²) in [6, 6.07) is 0. The number of esters is 2. The number of ether oxygens (including phenoxy) is 2. The van der Waals surface area contributed by atoms with E-state index in [1.165, 1.54) is 0 Å². The molecule has 0 aromatic rings. The molecule has 0 bridgehead atoms. The predicted molar refractivity (Wildman–Crippen MR) is 82.7 cm³/mol. The van der Waals surface area contributed by atoms with E-state index in [2.05, 4.69) is 45.2 Å². The molecule has 0 amide bonds. The number of hydrogen-bond acceptors (Lipinski definition) is 4. The zero-order valence-electron chi connectivity index (χ0n) is 10.2. The average molecular weight is 468 g/mol. The molecule has 3 unspecified atom stereocenters. The van der Waals surface area contributed by atoms with Gasteiger partial charge in [0.15, 0.2) is 0 Å². The van der Waals surface area contributed by atoms with Crippen LogP contribution < -0.4 is 0 Å². The van der Waals surface area contributed by atoms with E-state index in [1.807, 2.05) is 13.8 Å². The Bertz CT molecular complexity index is 254. The fourth-order valence-corrected chi connectivity index (χ4v) is 1.75. The molecule has 0 aliphatic carbocycles. The number of hydrogen-bond donors (Lipinski definition) is 0. The van der Waals surface area contributed by atoms with Gasteiger partial charge in [-0.1, -0.05) is 59.0 Å². The summed E-state index contributed by atoms with van der Waals surface area (Å²) in [5.74, 6) is -0.505. The highest BCUT2D eigenvalue weighted by Gasteiger charge is 2.14. The summed E-state index contributed by atoms with van der Waals surface area (Å²) in [6.07, 6.45) is 0.376. The summed E-state index contributed by atoms with van der Waals surface area (Å²) in [4.78, 5) is 22.6. The molecule has 0 aromatic carbocycles. The SMILES string of the molecule is CC(I)CC(=O)OCC(C)OC(=O)CC(C)I. The van der Waals surface area contributed by atoms with Crippen LogP contribution in [0.1, 0.15) is 33.6 Å². The van der Waals surface area contributed by atoms with Gasteiger partial charge in [-0.3, -0.25) is 9.59 Å². The fraction of sp³-hybridized carbons (Fsp3) is 0.818. The first-order valence-corrected chi connectivity index (χ1v) is 7.93. The maximum absolute atomic E-state index is 11.3. The maximum atomic E-state index is 11.3. The van der Waals surface area contributed by atoms with E-state index in [0.29, 0.717) is 12.8 Å². The van der Waals surface area contributed by atoms with Gasteiger partial charge in [-0.05, 0) is 6.92 Å². The molecular formula is C11H18I2O4. The minimum absolute atomic E-state index is 0.129. The zero-order valence-corrected chi connectivity index (χ0v) is 14.6. The van der Waals surface area contributed by atoms with E-state index in [-0.39, 0.29) is 32.5 Å². The molecule has 0 aliphatic heterocycles. The summed E-state index contributed by atoms with van der Waals surface area (Å²) in [5.41, 5.74) is 0. The molecule has 100 valence electrons. The second kappa shape index (κ2) is 9.35. The molecule has 0 aliphatic rings. The van der Waals surface area contributed by atoms with Gasteiger partial charge < -0.3 is 9.47 Å². The molecule has 0 rings (SSSR count). The van der Waals surface area contributed by atoms with Gasteiger partial charge in [0.05, 0.1) is 12.8 Å². The van der Waals surface area contributed by atoms with Crippen molar-refractivity contribution in [2.24, 2.45) is 0 Å². The lowest BCUT2D eigenvalue weighted by Crippen LogP contribution is -2.23. The Hall–Kier alpha value is 0.400. The van der Waals surface area contributed by atoms with E-state index in [0.717, 1.165) is 0 Å². The van der Waals surface area contributed by atoms with E-state index >= 15 is 0 Å². The minimum atomic E-state index is -0.383. The lowest BCUT2D eigenvalue weighted by molar-refractivity contribution is -0.157. The van der Waals surface area contributed by atoms with Crippen molar-refractivity contribution in [3.63, 3.8) is 0 Å². The largest absolute Gasteiger partial charge is 0.462 e. The monoisotopic (exact) mass is 468 g/mol. The standard InChI is InChI=1S/C11H18I2O4/c1-7(12)4-10(14)16-6-9(3)17-11(15)5-8(2)13/h7-9H,4-6H2,1-3H3. The number of halogens is 2. The van der Waals surface area contributed by atoms with Crippen LogP contribution in [-0.2, 0) is 19.1 Å². The van der Waals surface area contributed by atoms with Gasteiger partial charge in [-0.25, -0.2) is 0 Å². The second-order valence-electron chi connectivity index (χ2n) is 3.95. The lowest BCUT2D eigenvalue weighted by atomic mass is 10.3. The van der Waals surface area contributed by atoms with Crippen molar-refractivity contribution < 1.29 is 19.1 Å². The summed E-state index contributed by atoms with van der Waals surface area (Å²) < 4.78 is 10.6. The first-order chi connectivity index (χ1) is 7.81. The number of alkyl halides is 2. The molecule has 0 radical (unpaired) electrons. The number of carbonyl (C=O) groups is 2. The molecule has 0 spiro atoms. The van der Waals surface area contributed by atoms with Gasteiger partial charge in [0.2, 0.25) is 0 Å². The van der Waals surface area contributed by atoms with Crippen molar-refractivity contribution in [2.45, 2.75) is 47.6 Å². The summed E-state index contributed by atoms with van der Waals surface area (Å²) >= 11 is 4.32. The summed E-state index contributed by atoms with van der Waals surface area (Å²) in [6.45, 7) is 5.72. The van der Waals surface area contributed by atoms with Crippen molar-refractivity contribution in [1.82, 2.24) is 0 Å². The van der Waals surface area contributed by atoms with Gasteiger partial charge in [0, 0.05) is 7.85 Å². The second-order valence-corrected chi connectivity index (χ2v) is 8.21. The molecule has 0 fully saturated rings. The van der Waals surface area contributed by atoms with Crippen LogP contribution in [0.15, 0.2) is 0 Å². The van der Waals surface area contributed by atoms with Crippen molar-refractivity contribution in [3.05, 3.63) is 0 Å². The van der Waals surface area contributed by atoms with Crippen molar-refractivity contribution in [3.8, 4) is 0 Å². The van der Waals surface area contributed by atoms with Crippen LogP contribution in [0.3, 0.4) is 0 Å². The summed E-state index contributed by atoms with van der Waals surface area (Å²) in [5, 5.41) is 0. The Balaban J connectivity index is 3.75. The molecule has 4 nitrogen and oxygen atoms in total. The fourth-order valence-electron chi connectivity index (χ4n) is 1.04. The van der Waals surface area contributed by atoms with Crippen LogP contribution in [0.5, 0.6) is 0 Å². The average Bonchev–Trinajstić information content (AvgIpc) is 2.12. The van der Waals surface area contributed by atoms with E-state index < -0.39 is 0 Å². The Morgan fingerprint density at radius 3 is 1.94 bits per heavy atom. The Morgan fingerprint density at radius 2 is 1.47 bits per heavy atom. The van der Waals surface area contributed by atoms with Gasteiger partial charge in [0.25, 0.3) is 0 Å². The third-order valence-electron chi connectivity index (χ3n) is 1.71. The lowest BCUT2D eigenvalue weighted by Gasteiger charge is -2.14. The molecule has 0 saturated carbocycles. The maximum Gasteiger partial charge on any atom is 0.307 e. The predicted octanol–water partition coefficient (Wildman–Crippen LogP) is 2.89. The molecule has 17 heavy (non-hydrogen) atoms. The smallest absolute Gasteiger partial charge is 0.307 e. The molecule has 3 atom stereocenters. The van der Waals surface area contributed by atoms with Crippen molar-refractivity contribution in [2.75, 3.05) is 6.61 Å². The van der Waals surface area contributed by atoms with Crippen molar-refractivity contribution in [1.29, 1.82) is 0 Å². The molecular weight excluding hydrogens is 450 g/mol. The highest BCUT2D eigenvalue weighted by Crippen LogP contribution is 2.08. The van der Waals surface area contributed by atoms with Crippen LogP contribution >= 0.6 is 45.2 Å². The van der Waals surface area contributed by atoms with Gasteiger partial charge in [-0.2, -0.15) is 0 Å². The third-order valence-corrected chi connectivity index (χ3v) is 2.59. The van der Waals surface area contributed by atoms with Gasteiger partial charge in [-0.15, -0.1) is 0 Å². The van der Waals surface area contributed by atoms with Crippen LogP contribution in [0.4, 0.5) is 0 Å². The van der Waals surface area contributed by atoms with Crippen LogP contribution in [0, 0.1) is 0 Å². The van der Waals surface area contributed by atoms with Crippen LogP contribution in [-0.4, -0.2) is 32.5 Å². The molecule has 0 heterocycles. The first kappa shape index (κ1) is 17.4. The molecule has 0 N–H and O–H groups in total. The van der Waals surface area contributed by atoms with Gasteiger partial charge in [0.1, 0.15) is 12.7 Å². The molecule has 6 heteroatoms. The Morgan fingerprint density at radius 1 is 1.00 bits per heavy atom. The summed E-state index contributed by atoms with van der Waals surface area (Å²) in [7, 11) is 0. The highest BCUT2D eigenvalue weighted by atomic mass is 127. The minimum Gasteiger partial charge on any atom is -0.462 e. The molecule has 0 saturated heterocycles. The molecule has 0 aromatic heterocycles. The Kier molecular flexibility index (Phi) is 9.57. The topological polar surface area (TPSA) is 52.6 Å². The Labute approximate surface area is 129 Å². The third kappa shape index (κ3) is 11.2. The highest BCUT2D eigenvalue weighted by molar-refractivity contribution is 14.1. The van der Waals surface area contributed by atoms with Crippen LogP contribution in [0.25, 0.3) is 0 Å². The van der Waals surface area contributed by atoms with Crippen LogP contribution in [0.2, 0.25) is 0 Å². The van der Waals surface area contributed by atoms with Crippen molar-refractivity contribution >= 4 is 57.1 Å². The normalized spacial score (nSPS) is 15.8. The first-order valence-electron chi connectivity index (χ1n) is 5.44. The number of rotatable bonds is 7. The van der Waals surface area contributed by atoms with Gasteiger partial charge >= 0.3 is 11.9 Å².